The van der Waals surface area contributed by atoms with E-state index in [1.54, 1.807) is 6.33 Å². The Labute approximate surface area is 118 Å². The van der Waals surface area contributed by atoms with Crippen molar-refractivity contribution in [1.82, 2.24) is 14.9 Å². The van der Waals surface area contributed by atoms with Gasteiger partial charge >= 0.3 is 0 Å². The van der Waals surface area contributed by atoms with Gasteiger partial charge in [0.1, 0.15) is 0 Å². The SMILES string of the molecule is O=C(CCS)NCCn1cncc1-c1ccccc1. The van der Waals surface area contributed by atoms with Crippen LogP contribution in [-0.2, 0) is 11.3 Å². The predicted octanol–water partition coefficient (Wildman–Crippen LogP) is 1.99. The molecule has 1 N–H and O–H groups in total. The number of hydrogen-bond acceptors (Lipinski definition) is 3. The molecule has 100 valence electrons. The van der Waals surface area contributed by atoms with E-state index >= 15 is 0 Å². The topological polar surface area (TPSA) is 46.9 Å². The number of amides is 1. The van der Waals surface area contributed by atoms with Gasteiger partial charge in [-0.15, -0.1) is 0 Å². The van der Waals surface area contributed by atoms with Gasteiger partial charge in [0, 0.05) is 19.5 Å². The fourth-order valence-corrected chi connectivity index (χ4v) is 2.06. The molecule has 0 radical (unpaired) electrons. The van der Waals surface area contributed by atoms with Crippen molar-refractivity contribution in [1.29, 1.82) is 0 Å². The number of nitrogens with one attached hydrogen (secondary N) is 1. The summed E-state index contributed by atoms with van der Waals surface area (Å²) in [5, 5.41) is 2.86. The maximum Gasteiger partial charge on any atom is 0.220 e. The van der Waals surface area contributed by atoms with Crippen LogP contribution in [-0.4, -0.2) is 27.8 Å². The standard InChI is InChI=1S/C14H17N3OS/c18-14(6-9-19)16-7-8-17-11-15-10-13(17)12-4-2-1-3-5-12/h1-5,10-11,19H,6-9H2,(H,16,18). The molecule has 2 rings (SSSR count). The highest BCUT2D eigenvalue weighted by molar-refractivity contribution is 7.80. The highest BCUT2D eigenvalue weighted by Gasteiger charge is 2.05. The second-order valence-corrected chi connectivity index (χ2v) is 4.61. The van der Waals surface area contributed by atoms with Crippen LogP contribution in [0.2, 0.25) is 0 Å². The number of imidazole rings is 1. The monoisotopic (exact) mass is 275 g/mol. The molecule has 5 heteroatoms. The van der Waals surface area contributed by atoms with Gasteiger partial charge in [-0.3, -0.25) is 4.79 Å². The summed E-state index contributed by atoms with van der Waals surface area (Å²) in [6.07, 6.45) is 4.08. The zero-order valence-electron chi connectivity index (χ0n) is 10.6. The van der Waals surface area contributed by atoms with Crippen molar-refractivity contribution in [2.45, 2.75) is 13.0 Å². The van der Waals surface area contributed by atoms with Gasteiger partial charge < -0.3 is 9.88 Å². The van der Waals surface area contributed by atoms with E-state index in [0.717, 1.165) is 11.3 Å². The largest absolute Gasteiger partial charge is 0.354 e. The smallest absolute Gasteiger partial charge is 0.220 e. The first-order valence-electron chi connectivity index (χ1n) is 6.24. The van der Waals surface area contributed by atoms with Gasteiger partial charge in [-0.2, -0.15) is 12.6 Å². The van der Waals surface area contributed by atoms with Crippen molar-refractivity contribution in [3.8, 4) is 11.3 Å². The van der Waals surface area contributed by atoms with Crippen LogP contribution < -0.4 is 5.32 Å². The van der Waals surface area contributed by atoms with Gasteiger partial charge in [-0.1, -0.05) is 30.3 Å². The molecule has 2 aromatic rings. The number of hydrogen-bond donors (Lipinski definition) is 2. The summed E-state index contributed by atoms with van der Waals surface area (Å²) in [7, 11) is 0. The molecule has 0 saturated carbocycles. The Kier molecular flexibility index (Phi) is 5.03. The molecule has 0 aliphatic rings. The van der Waals surface area contributed by atoms with Crippen molar-refractivity contribution >= 4 is 18.5 Å². The molecule has 0 spiro atoms. The van der Waals surface area contributed by atoms with E-state index in [2.05, 4.69) is 22.9 Å². The normalized spacial score (nSPS) is 10.4. The second-order valence-electron chi connectivity index (χ2n) is 4.16. The van der Waals surface area contributed by atoms with Crippen LogP contribution in [0.1, 0.15) is 6.42 Å². The summed E-state index contributed by atoms with van der Waals surface area (Å²) >= 11 is 4.03. The molecule has 1 amide bonds. The van der Waals surface area contributed by atoms with Crippen LogP contribution in [0, 0.1) is 0 Å². The molecule has 0 fully saturated rings. The van der Waals surface area contributed by atoms with Gasteiger partial charge in [0.25, 0.3) is 0 Å². The highest BCUT2D eigenvalue weighted by Crippen LogP contribution is 2.17. The van der Waals surface area contributed by atoms with Crippen molar-refractivity contribution in [3.63, 3.8) is 0 Å². The number of nitrogens with zero attached hydrogens (tertiary/aromatic N) is 2. The minimum atomic E-state index is 0.0383. The lowest BCUT2D eigenvalue weighted by molar-refractivity contribution is -0.120. The van der Waals surface area contributed by atoms with Gasteiger partial charge in [0.15, 0.2) is 0 Å². The fourth-order valence-electron chi connectivity index (χ4n) is 1.85. The maximum atomic E-state index is 11.3. The highest BCUT2D eigenvalue weighted by atomic mass is 32.1. The minimum Gasteiger partial charge on any atom is -0.354 e. The number of carbonyl (C=O) groups excluding carboxylic acids is 1. The number of thiol groups is 1. The quantitative estimate of drug-likeness (QED) is 0.792. The fraction of sp³-hybridized carbons (Fsp3) is 0.286. The number of carbonyl (C=O) groups is 1. The molecule has 0 atom stereocenters. The van der Waals surface area contributed by atoms with Gasteiger partial charge in [-0.05, 0) is 11.3 Å². The minimum absolute atomic E-state index is 0.0383. The zero-order chi connectivity index (χ0) is 13.5. The third kappa shape index (κ3) is 3.86. The van der Waals surface area contributed by atoms with E-state index in [1.165, 1.54) is 0 Å². The van der Waals surface area contributed by atoms with Gasteiger partial charge in [0.05, 0.1) is 18.2 Å². The summed E-state index contributed by atoms with van der Waals surface area (Å²) < 4.78 is 2.04. The molecule has 1 aromatic heterocycles. The van der Waals surface area contributed by atoms with Crippen LogP contribution in [0.25, 0.3) is 11.3 Å². The van der Waals surface area contributed by atoms with E-state index in [1.807, 2.05) is 41.1 Å². The average Bonchev–Trinajstić information content (AvgIpc) is 2.88. The summed E-state index contributed by atoms with van der Waals surface area (Å²) in [6, 6.07) is 10.1. The Morgan fingerprint density at radius 2 is 2.11 bits per heavy atom. The van der Waals surface area contributed by atoms with E-state index in [0.29, 0.717) is 25.3 Å². The second kappa shape index (κ2) is 6.99. The lowest BCUT2D eigenvalue weighted by Gasteiger charge is -2.09. The lowest BCUT2D eigenvalue weighted by Crippen LogP contribution is -2.27. The molecule has 0 bridgehead atoms. The molecule has 0 aliphatic carbocycles. The number of benzene rings is 1. The molecule has 0 saturated heterocycles. The van der Waals surface area contributed by atoms with Crippen molar-refractivity contribution < 1.29 is 4.79 Å². The predicted molar refractivity (Wildman–Crippen MR) is 79.1 cm³/mol. The molecule has 1 aromatic carbocycles. The molecule has 1 heterocycles. The van der Waals surface area contributed by atoms with E-state index in [-0.39, 0.29) is 5.91 Å². The number of rotatable bonds is 6. The number of aromatic nitrogens is 2. The maximum absolute atomic E-state index is 11.3. The Hall–Kier alpha value is -1.75. The van der Waals surface area contributed by atoms with Crippen LogP contribution in [0.4, 0.5) is 0 Å². The van der Waals surface area contributed by atoms with Crippen LogP contribution in [0.15, 0.2) is 42.9 Å². The third-order valence-electron chi connectivity index (χ3n) is 2.80. The molecule has 0 unspecified atom stereocenters. The average molecular weight is 275 g/mol. The van der Waals surface area contributed by atoms with E-state index < -0.39 is 0 Å². The van der Waals surface area contributed by atoms with Crippen LogP contribution in [0.3, 0.4) is 0 Å². The first kappa shape index (κ1) is 13.7. The Morgan fingerprint density at radius 3 is 2.84 bits per heavy atom. The Balaban J connectivity index is 1.95. The molecule has 4 nitrogen and oxygen atoms in total. The first-order valence-corrected chi connectivity index (χ1v) is 6.87. The molecular weight excluding hydrogens is 258 g/mol. The van der Waals surface area contributed by atoms with Gasteiger partial charge in [-0.25, -0.2) is 4.98 Å². The van der Waals surface area contributed by atoms with Crippen LogP contribution >= 0.6 is 12.6 Å². The molecular formula is C14H17N3OS. The Morgan fingerprint density at radius 1 is 1.32 bits per heavy atom. The van der Waals surface area contributed by atoms with E-state index in [9.17, 15) is 4.79 Å². The summed E-state index contributed by atoms with van der Waals surface area (Å²) in [5.74, 6) is 0.614. The summed E-state index contributed by atoms with van der Waals surface area (Å²) in [5.41, 5.74) is 2.19. The lowest BCUT2D eigenvalue weighted by atomic mass is 10.2. The first-order chi connectivity index (χ1) is 9.31. The van der Waals surface area contributed by atoms with Gasteiger partial charge in [0.2, 0.25) is 5.91 Å². The van der Waals surface area contributed by atoms with Crippen molar-refractivity contribution in [2.24, 2.45) is 0 Å². The summed E-state index contributed by atoms with van der Waals surface area (Å²) in [4.78, 5) is 15.5. The van der Waals surface area contributed by atoms with Crippen LogP contribution in [0.5, 0.6) is 0 Å². The van der Waals surface area contributed by atoms with E-state index in [4.69, 9.17) is 0 Å². The van der Waals surface area contributed by atoms with Crippen molar-refractivity contribution in [3.05, 3.63) is 42.9 Å². The molecule has 0 aliphatic heterocycles. The summed E-state index contributed by atoms with van der Waals surface area (Å²) in [6.45, 7) is 1.31. The Bertz CT molecular complexity index is 524. The molecule has 19 heavy (non-hydrogen) atoms. The van der Waals surface area contributed by atoms with Crippen molar-refractivity contribution in [2.75, 3.05) is 12.3 Å². The third-order valence-corrected chi connectivity index (χ3v) is 3.02. The zero-order valence-corrected chi connectivity index (χ0v) is 11.5.